The van der Waals surface area contributed by atoms with E-state index in [4.69, 9.17) is 4.99 Å². The van der Waals surface area contributed by atoms with Crippen LogP contribution in [-0.4, -0.2) is 5.71 Å². The van der Waals surface area contributed by atoms with Gasteiger partial charge in [-0.3, -0.25) is 4.99 Å². The van der Waals surface area contributed by atoms with E-state index in [1.807, 2.05) is 0 Å². The summed E-state index contributed by atoms with van der Waals surface area (Å²) in [5, 5.41) is 0. The van der Waals surface area contributed by atoms with Gasteiger partial charge in [-0.05, 0) is 45.9 Å². The molecule has 38 heavy (non-hydrogen) atoms. The lowest BCUT2D eigenvalue weighted by Crippen LogP contribution is -2.17. The van der Waals surface area contributed by atoms with Crippen LogP contribution in [0.4, 0.5) is 0 Å². The van der Waals surface area contributed by atoms with Crippen LogP contribution in [0.3, 0.4) is 0 Å². The largest absolute Gasteiger partial charge is 0.256 e. The fourth-order valence-electron chi connectivity index (χ4n) is 5.50. The third-order valence-corrected chi connectivity index (χ3v) is 7.14. The van der Waals surface area contributed by atoms with Crippen molar-refractivity contribution in [2.45, 2.75) is 12.8 Å². The van der Waals surface area contributed by atoms with Gasteiger partial charge in [0.2, 0.25) is 0 Å². The van der Waals surface area contributed by atoms with Gasteiger partial charge in [0, 0.05) is 11.3 Å². The summed E-state index contributed by atoms with van der Waals surface area (Å²) >= 11 is 0. The number of rotatable bonds is 5. The standard InChI is InChI=1S/C37H29N/c1-27-33(28-17-7-2-8-18-28)34(29-19-9-3-10-20-29)35(30-21-11-4-12-22-30)36(31-23-13-5-14-24-31)37(38-27)32-25-15-6-16-26-32/h2-26,36H,1H3. The molecule has 5 aromatic rings. The molecular formula is C37H29N. The number of aliphatic imine (C=N–C) groups is 1. The van der Waals surface area contributed by atoms with E-state index in [1.54, 1.807) is 0 Å². The molecule has 1 aliphatic rings. The van der Waals surface area contributed by atoms with Crippen LogP contribution in [0.25, 0.3) is 16.7 Å². The Morgan fingerprint density at radius 3 is 1.32 bits per heavy atom. The van der Waals surface area contributed by atoms with Crippen molar-refractivity contribution in [3.8, 4) is 0 Å². The molecule has 0 radical (unpaired) electrons. The first kappa shape index (κ1) is 23.6. The summed E-state index contributed by atoms with van der Waals surface area (Å²) < 4.78 is 0. The molecule has 1 atom stereocenters. The molecule has 1 heterocycles. The molecule has 182 valence electrons. The predicted octanol–water partition coefficient (Wildman–Crippen LogP) is 9.32. The van der Waals surface area contributed by atoms with Gasteiger partial charge in [0.1, 0.15) is 0 Å². The SMILES string of the molecule is CC1=C(c2ccccc2)C(c2ccccc2)=C(c2ccccc2)C(c2ccccc2)C(c2ccccc2)=N1. The van der Waals surface area contributed by atoms with Gasteiger partial charge in [0.05, 0.1) is 11.6 Å². The maximum absolute atomic E-state index is 5.47. The molecule has 1 unspecified atom stereocenters. The minimum atomic E-state index is -0.0626. The summed E-state index contributed by atoms with van der Waals surface area (Å²) in [6.45, 7) is 2.16. The molecule has 6 rings (SSSR count). The third kappa shape index (κ3) is 4.55. The van der Waals surface area contributed by atoms with E-state index in [2.05, 4.69) is 159 Å². The second kappa shape index (κ2) is 10.7. The molecule has 0 fully saturated rings. The molecule has 0 amide bonds. The minimum absolute atomic E-state index is 0.0626. The van der Waals surface area contributed by atoms with Gasteiger partial charge in [-0.25, -0.2) is 0 Å². The fourth-order valence-corrected chi connectivity index (χ4v) is 5.50. The van der Waals surface area contributed by atoms with Crippen molar-refractivity contribution in [1.82, 2.24) is 0 Å². The summed E-state index contributed by atoms with van der Waals surface area (Å²) in [5.74, 6) is -0.0626. The van der Waals surface area contributed by atoms with Crippen molar-refractivity contribution in [3.63, 3.8) is 0 Å². The summed E-state index contributed by atoms with van der Waals surface area (Å²) in [6.07, 6.45) is 0. The highest BCUT2D eigenvalue weighted by Gasteiger charge is 2.33. The molecule has 5 aromatic carbocycles. The second-order valence-corrected chi connectivity index (χ2v) is 9.55. The van der Waals surface area contributed by atoms with E-state index >= 15 is 0 Å². The first-order valence-corrected chi connectivity index (χ1v) is 13.1. The molecule has 0 bridgehead atoms. The summed E-state index contributed by atoms with van der Waals surface area (Å²) in [7, 11) is 0. The number of nitrogens with zero attached hydrogens (tertiary/aromatic N) is 1. The summed E-state index contributed by atoms with van der Waals surface area (Å²) in [4.78, 5) is 5.47. The normalized spacial score (nSPS) is 15.7. The van der Waals surface area contributed by atoms with Gasteiger partial charge in [-0.1, -0.05) is 152 Å². The van der Waals surface area contributed by atoms with E-state index in [0.717, 1.165) is 17.0 Å². The number of allylic oxidation sites excluding steroid dienone is 4. The lowest BCUT2D eigenvalue weighted by Gasteiger charge is -2.26. The van der Waals surface area contributed by atoms with Gasteiger partial charge in [0.25, 0.3) is 0 Å². The van der Waals surface area contributed by atoms with Crippen molar-refractivity contribution < 1.29 is 0 Å². The molecule has 0 saturated carbocycles. The Morgan fingerprint density at radius 1 is 0.421 bits per heavy atom. The van der Waals surface area contributed by atoms with E-state index in [0.29, 0.717) is 0 Å². The van der Waals surface area contributed by atoms with Crippen molar-refractivity contribution in [1.29, 1.82) is 0 Å². The maximum atomic E-state index is 5.47. The Bertz CT molecular complexity index is 1610. The molecule has 1 aliphatic heterocycles. The van der Waals surface area contributed by atoms with Crippen molar-refractivity contribution in [3.05, 3.63) is 185 Å². The van der Waals surface area contributed by atoms with E-state index in [1.165, 1.54) is 39.0 Å². The van der Waals surface area contributed by atoms with Gasteiger partial charge >= 0.3 is 0 Å². The van der Waals surface area contributed by atoms with Crippen LogP contribution in [-0.2, 0) is 0 Å². The zero-order valence-electron chi connectivity index (χ0n) is 21.5. The van der Waals surface area contributed by atoms with Crippen LogP contribution < -0.4 is 0 Å². The number of benzene rings is 5. The van der Waals surface area contributed by atoms with Crippen LogP contribution in [0.2, 0.25) is 0 Å². The highest BCUT2D eigenvalue weighted by Crippen LogP contribution is 2.48. The maximum Gasteiger partial charge on any atom is 0.0598 e. The summed E-state index contributed by atoms with van der Waals surface area (Å²) in [5.41, 5.74) is 11.7. The molecular weight excluding hydrogens is 458 g/mol. The number of hydrogen-bond donors (Lipinski definition) is 0. The molecule has 0 aliphatic carbocycles. The van der Waals surface area contributed by atoms with E-state index < -0.39 is 0 Å². The van der Waals surface area contributed by atoms with Crippen LogP contribution in [0.5, 0.6) is 0 Å². The number of hydrogen-bond acceptors (Lipinski definition) is 1. The van der Waals surface area contributed by atoms with E-state index in [9.17, 15) is 0 Å². The third-order valence-electron chi connectivity index (χ3n) is 7.14. The fraction of sp³-hybridized carbons (Fsp3) is 0.0541. The molecule has 1 nitrogen and oxygen atoms in total. The molecule has 1 heteroatoms. The van der Waals surface area contributed by atoms with E-state index in [-0.39, 0.29) is 5.92 Å². The van der Waals surface area contributed by atoms with Crippen molar-refractivity contribution >= 4 is 22.4 Å². The van der Waals surface area contributed by atoms with Crippen LogP contribution in [0.1, 0.15) is 40.7 Å². The first-order chi connectivity index (χ1) is 18.8. The lowest BCUT2D eigenvalue weighted by molar-refractivity contribution is 1.14. The summed E-state index contributed by atoms with van der Waals surface area (Å²) in [6, 6.07) is 53.8. The van der Waals surface area contributed by atoms with Gasteiger partial charge < -0.3 is 0 Å². The monoisotopic (exact) mass is 487 g/mol. The van der Waals surface area contributed by atoms with Gasteiger partial charge in [-0.2, -0.15) is 0 Å². The first-order valence-electron chi connectivity index (χ1n) is 13.1. The van der Waals surface area contributed by atoms with Crippen LogP contribution >= 0.6 is 0 Å². The Kier molecular flexibility index (Phi) is 6.66. The Morgan fingerprint density at radius 2 is 0.816 bits per heavy atom. The Balaban J connectivity index is 1.80. The van der Waals surface area contributed by atoms with Crippen LogP contribution in [0, 0.1) is 0 Å². The lowest BCUT2D eigenvalue weighted by atomic mass is 9.75. The van der Waals surface area contributed by atoms with Gasteiger partial charge in [-0.15, -0.1) is 0 Å². The van der Waals surface area contributed by atoms with Crippen molar-refractivity contribution in [2.75, 3.05) is 0 Å². The second-order valence-electron chi connectivity index (χ2n) is 9.55. The minimum Gasteiger partial charge on any atom is -0.256 e. The van der Waals surface area contributed by atoms with Crippen molar-refractivity contribution in [2.24, 2.45) is 4.99 Å². The highest BCUT2D eigenvalue weighted by atomic mass is 14.8. The highest BCUT2D eigenvalue weighted by molar-refractivity contribution is 6.25. The Hall–Kier alpha value is -4.75. The zero-order valence-corrected chi connectivity index (χ0v) is 21.5. The molecule has 0 spiro atoms. The average Bonchev–Trinajstić information content (AvgIpc) is 3.13. The quantitative estimate of drug-likeness (QED) is 0.234. The average molecular weight is 488 g/mol. The topological polar surface area (TPSA) is 12.4 Å². The molecule has 0 aromatic heterocycles. The predicted molar refractivity (Wildman–Crippen MR) is 161 cm³/mol. The smallest absolute Gasteiger partial charge is 0.0598 e. The molecule has 0 N–H and O–H groups in total. The Labute approximate surface area is 225 Å². The van der Waals surface area contributed by atoms with Gasteiger partial charge in [0.15, 0.2) is 0 Å². The molecule has 0 saturated heterocycles. The zero-order chi connectivity index (χ0) is 25.7. The van der Waals surface area contributed by atoms with Crippen LogP contribution in [0.15, 0.2) is 162 Å².